The second-order valence-electron chi connectivity index (χ2n) is 4.98. The summed E-state index contributed by atoms with van der Waals surface area (Å²) in [4.78, 5) is 15.7. The first kappa shape index (κ1) is 20.4. The van der Waals surface area contributed by atoms with Crippen molar-refractivity contribution in [3.05, 3.63) is 17.7 Å². The lowest BCUT2D eigenvalue weighted by atomic mass is 10.2. The number of hydrogen-bond acceptors (Lipinski definition) is 6. The van der Waals surface area contributed by atoms with Gasteiger partial charge in [-0.15, -0.1) is 0 Å². The van der Waals surface area contributed by atoms with Crippen molar-refractivity contribution in [3.63, 3.8) is 0 Å². The highest BCUT2D eigenvalue weighted by molar-refractivity contribution is 5.80. The molecule has 0 heterocycles. The van der Waals surface area contributed by atoms with Gasteiger partial charge in [-0.1, -0.05) is 0 Å². The van der Waals surface area contributed by atoms with E-state index in [0.717, 1.165) is 5.56 Å². The molecular formula is C17H27N3O5. The second kappa shape index (κ2) is 11.0. The number of hydrogen-bond donors (Lipinski definition) is 2. The first-order valence-electron chi connectivity index (χ1n) is 7.97. The van der Waals surface area contributed by atoms with E-state index < -0.39 is 0 Å². The van der Waals surface area contributed by atoms with Crippen molar-refractivity contribution >= 4 is 11.9 Å². The molecule has 8 heteroatoms. The van der Waals surface area contributed by atoms with Gasteiger partial charge in [0.1, 0.15) is 0 Å². The zero-order chi connectivity index (χ0) is 18.7. The Hall–Kier alpha value is -2.64. The molecule has 25 heavy (non-hydrogen) atoms. The van der Waals surface area contributed by atoms with Crippen LogP contribution in [0.25, 0.3) is 0 Å². The topological polar surface area (TPSA) is 90.4 Å². The van der Waals surface area contributed by atoms with Gasteiger partial charge < -0.3 is 29.6 Å². The monoisotopic (exact) mass is 353 g/mol. The van der Waals surface area contributed by atoms with Gasteiger partial charge in [-0.2, -0.15) is 0 Å². The lowest BCUT2D eigenvalue weighted by Gasteiger charge is -2.14. The third kappa shape index (κ3) is 6.40. The molecule has 0 aliphatic rings. The van der Waals surface area contributed by atoms with Gasteiger partial charge in [0.15, 0.2) is 17.5 Å². The molecule has 1 rings (SSSR count). The SMILES string of the molecule is CCNC(=NCc1cc(OC)c(OC)c(OC)c1)NCCC(=O)OC. The molecule has 0 amide bonds. The minimum Gasteiger partial charge on any atom is -0.493 e. The predicted molar refractivity (Wildman–Crippen MR) is 95.5 cm³/mol. The number of benzene rings is 1. The Bertz CT molecular complexity index is 565. The predicted octanol–water partition coefficient (Wildman–Crippen LogP) is 1.33. The molecule has 0 atom stereocenters. The molecule has 0 unspecified atom stereocenters. The number of rotatable bonds is 9. The summed E-state index contributed by atoms with van der Waals surface area (Å²) in [6.45, 7) is 3.52. The molecule has 1 aromatic rings. The van der Waals surface area contributed by atoms with Crippen molar-refractivity contribution in [2.24, 2.45) is 4.99 Å². The first-order chi connectivity index (χ1) is 12.1. The minimum absolute atomic E-state index is 0.269. The Balaban J connectivity index is 2.85. The third-order valence-corrected chi connectivity index (χ3v) is 3.34. The second-order valence-corrected chi connectivity index (χ2v) is 4.98. The van der Waals surface area contributed by atoms with Crippen molar-refractivity contribution in [2.75, 3.05) is 41.5 Å². The Morgan fingerprint density at radius 2 is 1.68 bits per heavy atom. The van der Waals surface area contributed by atoms with Crippen LogP contribution >= 0.6 is 0 Å². The molecule has 8 nitrogen and oxygen atoms in total. The standard InChI is InChI=1S/C17H27N3O5/c1-6-18-17(19-8-7-15(21)24-4)20-11-12-9-13(22-2)16(25-5)14(10-12)23-3/h9-10H,6-8,11H2,1-5H3,(H2,18,19,20). The molecule has 1 aromatic carbocycles. The first-order valence-corrected chi connectivity index (χ1v) is 7.97. The number of ether oxygens (including phenoxy) is 4. The van der Waals surface area contributed by atoms with Crippen molar-refractivity contribution < 1.29 is 23.7 Å². The summed E-state index contributed by atoms with van der Waals surface area (Å²) in [6, 6.07) is 3.70. The number of nitrogens with one attached hydrogen (secondary N) is 2. The van der Waals surface area contributed by atoms with Crippen LogP contribution in [0.2, 0.25) is 0 Å². The van der Waals surface area contributed by atoms with E-state index in [-0.39, 0.29) is 12.4 Å². The normalized spacial score (nSPS) is 10.8. The summed E-state index contributed by atoms with van der Waals surface area (Å²) in [5.74, 6) is 2.04. The van der Waals surface area contributed by atoms with Crippen LogP contribution in [0.3, 0.4) is 0 Å². The summed E-state index contributed by atoms with van der Waals surface area (Å²) in [7, 11) is 6.07. The van der Waals surface area contributed by atoms with Crippen molar-refractivity contribution in [1.29, 1.82) is 0 Å². The quantitative estimate of drug-likeness (QED) is 0.393. The van der Waals surface area contributed by atoms with E-state index in [9.17, 15) is 4.79 Å². The number of esters is 1. The maximum absolute atomic E-state index is 11.2. The molecule has 0 aromatic heterocycles. The number of nitrogens with zero attached hydrogens (tertiary/aromatic N) is 1. The van der Waals surface area contributed by atoms with Crippen LogP contribution in [-0.4, -0.2) is 53.5 Å². The van der Waals surface area contributed by atoms with Gasteiger partial charge >= 0.3 is 5.97 Å². The fraction of sp³-hybridized carbons (Fsp3) is 0.529. The van der Waals surface area contributed by atoms with Crippen LogP contribution in [0.1, 0.15) is 18.9 Å². The van der Waals surface area contributed by atoms with Crippen molar-refractivity contribution in [1.82, 2.24) is 10.6 Å². The lowest BCUT2D eigenvalue weighted by molar-refractivity contribution is -0.140. The maximum Gasteiger partial charge on any atom is 0.307 e. The molecule has 0 spiro atoms. The maximum atomic E-state index is 11.2. The fourth-order valence-electron chi connectivity index (χ4n) is 2.12. The highest BCUT2D eigenvalue weighted by atomic mass is 16.5. The molecular weight excluding hydrogens is 326 g/mol. The van der Waals surface area contributed by atoms with Crippen LogP contribution in [0, 0.1) is 0 Å². The van der Waals surface area contributed by atoms with Gasteiger partial charge in [0, 0.05) is 13.1 Å². The van der Waals surface area contributed by atoms with E-state index >= 15 is 0 Å². The molecule has 0 aliphatic heterocycles. The minimum atomic E-state index is -0.270. The summed E-state index contributed by atoms with van der Waals surface area (Å²) in [5.41, 5.74) is 0.902. The Labute approximate surface area is 148 Å². The van der Waals surface area contributed by atoms with E-state index in [2.05, 4.69) is 20.4 Å². The highest BCUT2D eigenvalue weighted by Gasteiger charge is 2.13. The number of methoxy groups -OCH3 is 4. The van der Waals surface area contributed by atoms with Crippen LogP contribution in [0.4, 0.5) is 0 Å². The highest BCUT2D eigenvalue weighted by Crippen LogP contribution is 2.38. The third-order valence-electron chi connectivity index (χ3n) is 3.34. The van der Waals surface area contributed by atoms with Gasteiger partial charge in [0.25, 0.3) is 0 Å². The van der Waals surface area contributed by atoms with Gasteiger partial charge in [-0.25, -0.2) is 4.99 Å². The number of carbonyl (C=O) groups is 1. The molecule has 140 valence electrons. The van der Waals surface area contributed by atoms with E-state index in [1.807, 2.05) is 19.1 Å². The van der Waals surface area contributed by atoms with Gasteiger partial charge in [0.05, 0.1) is 41.4 Å². The molecule has 0 bridgehead atoms. The lowest BCUT2D eigenvalue weighted by Crippen LogP contribution is -2.38. The summed E-state index contributed by atoms with van der Waals surface area (Å²) in [6.07, 6.45) is 0.269. The van der Waals surface area contributed by atoms with E-state index in [0.29, 0.717) is 42.8 Å². The molecule has 0 saturated carbocycles. The zero-order valence-corrected chi connectivity index (χ0v) is 15.5. The van der Waals surface area contributed by atoms with Gasteiger partial charge in [0.2, 0.25) is 5.75 Å². The van der Waals surface area contributed by atoms with Crippen molar-refractivity contribution in [3.8, 4) is 17.2 Å². The number of carbonyl (C=O) groups excluding carboxylic acids is 1. The fourth-order valence-corrected chi connectivity index (χ4v) is 2.12. The average Bonchev–Trinajstić information content (AvgIpc) is 2.64. The smallest absolute Gasteiger partial charge is 0.307 e. The van der Waals surface area contributed by atoms with E-state index in [4.69, 9.17) is 14.2 Å². The molecule has 0 fully saturated rings. The van der Waals surface area contributed by atoms with E-state index in [1.54, 1.807) is 21.3 Å². The van der Waals surface area contributed by atoms with Gasteiger partial charge in [-0.3, -0.25) is 4.79 Å². The average molecular weight is 353 g/mol. The van der Waals surface area contributed by atoms with Crippen LogP contribution < -0.4 is 24.8 Å². The summed E-state index contributed by atoms with van der Waals surface area (Å²) >= 11 is 0. The summed E-state index contributed by atoms with van der Waals surface area (Å²) < 4.78 is 20.6. The molecule has 0 radical (unpaired) electrons. The Morgan fingerprint density at radius 1 is 1.04 bits per heavy atom. The molecule has 2 N–H and O–H groups in total. The van der Waals surface area contributed by atoms with Crippen LogP contribution in [-0.2, 0) is 16.1 Å². The summed E-state index contributed by atoms with van der Waals surface area (Å²) in [5, 5.41) is 6.21. The van der Waals surface area contributed by atoms with E-state index in [1.165, 1.54) is 7.11 Å². The Kier molecular flexibility index (Phi) is 8.99. The Morgan fingerprint density at radius 3 is 2.16 bits per heavy atom. The molecule has 0 saturated heterocycles. The number of guanidine groups is 1. The largest absolute Gasteiger partial charge is 0.493 e. The zero-order valence-electron chi connectivity index (χ0n) is 15.5. The van der Waals surface area contributed by atoms with Crippen molar-refractivity contribution in [2.45, 2.75) is 19.9 Å². The van der Waals surface area contributed by atoms with Gasteiger partial charge in [-0.05, 0) is 24.6 Å². The molecule has 0 aliphatic carbocycles. The van der Waals surface area contributed by atoms with Crippen LogP contribution in [0.15, 0.2) is 17.1 Å². The van der Waals surface area contributed by atoms with Crippen LogP contribution in [0.5, 0.6) is 17.2 Å². The number of aliphatic imine (C=N–C) groups is 1.